The van der Waals surface area contributed by atoms with Crippen LogP contribution in [-0.2, 0) is 0 Å². The third-order valence-corrected chi connectivity index (χ3v) is 2.77. The molecule has 0 atom stereocenters. The second kappa shape index (κ2) is 4.22. The van der Waals surface area contributed by atoms with Crippen LogP contribution < -0.4 is 5.46 Å². The summed E-state index contributed by atoms with van der Waals surface area (Å²) in [4.78, 5) is 13.2. The zero-order valence-corrected chi connectivity index (χ0v) is 9.96. The number of pyridine rings is 3. The highest BCUT2D eigenvalue weighted by Crippen LogP contribution is 2.16. The molecule has 0 saturated carbocycles. The third kappa shape index (κ3) is 1.86. The quantitative estimate of drug-likeness (QED) is 0.599. The molecule has 3 rings (SSSR count). The molecule has 0 unspecified atom stereocenters. The Labute approximate surface area is 106 Å². The predicted molar refractivity (Wildman–Crippen MR) is 72.9 cm³/mol. The van der Waals surface area contributed by atoms with Gasteiger partial charge in [0, 0.05) is 17.3 Å². The van der Waals surface area contributed by atoms with Crippen molar-refractivity contribution in [1.82, 2.24) is 15.0 Å². The van der Waals surface area contributed by atoms with Crippen LogP contribution >= 0.6 is 0 Å². The van der Waals surface area contributed by atoms with Crippen LogP contribution in [-0.4, -0.2) is 22.8 Å². The van der Waals surface area contributed by atoms with E-state index in [2.05, 4.69) is 15.0 Å². The van der Waals surface area contributed by atoms with Crippen LogP contribution in [0.4, 0.5) is 0 Å². The van der Waals surface area contributed by atoms with E-state index in [1.165, 1.54) is 0 Å². The first kappa shape index (κ1) is 10.9. The van der Waals surface area contributed by atoms with Gasteiger partial charge in [-0.1, -0.05) is 17.6 Å². The van der Waals surface area contributed by atoms with Crippen molar-refractivity contribution < 1.29 is 0 Å². The summed E-state index contributed by atoms with van der Waals surface area (Å²) in [6.07, 6.45) is 1.71. The lowest BCUT2D eigenvalue weighted by Gasteiger charge is -2.06. The molecule has 3 aromatic rings. The van der Waals surface area contributed by atoms with Crippen LogP contribution in [0.3, 0.4) is 0 Å². The summed E-state index contributed by atoms with van der Waals surface area (Å²) in [7, 11) is 6.02. The van der Waals surface area contributed by atoms with Crippen LogP contribution in [0.2, 0.25) is 0 Å². The topological polar surface area (TPSA) is 38.7 Å². The zero-order chi connectivity index (χ0) is 12.5. The van der Waals surface area contributed by atoms with Gasteiger partial charge >= 0.3 is 0 Å². The Balaban J connectivity index is 2.24. The number of hydrogen-bond acceptors (Lipinski definition) is 3. The van der Waals surface area contributed by atoms with E-state index in [4.69, 9.17) is 7.85 Å². The lowest BCUT2D eigenvalue weighted by molar-refractivity contribution is 1.18. The Morgan fingerprint density at radius 1 is 1.00 bits per heavy atom. The molecule has 0 fully saturated rings. The molecule has 0 bridgehead atoms. The SMILES string of the molecule is [B]c1cc(-c2cccc(C)n2)nc2ncccc12. The van der Waals surface area contributed by atoms with Crippen molar-refractivity contribution in [3.05, 3.63) is 48.3 Å². The molecule has 0 aliphatic carbocycles. The molecule has 0 spiro atoms. The minimum atomic E-state index is 0.649. The minimum absolute atomic E-state index is 0.649. The third-order valence-electron chi connectivity index (χ3n) is 2.77. The Kier molecular flexibility index (Phi) is 2.56. The van der Waals surface area contributed by atoms with Crippen molar-refractivity contribution in [1.29, 1.82) is 0 Å². The molecule has 0 aromatic carbocycles. The van der Waals surface area contributed by atoms with Gasteiger partial charge in [-0.3, -0.25) is 4.98 Å². The van der Waals surface area contributed by atoms with Gasteiger partial charge in [0.2, 0.25) is 0 Å². The van der Waals surface area contributed by atoms with Gasteiger partial charge in [-0.2, -0.15) is 0 Å². The van der Waals surface area contributed by atoms with Crippen LogP contribution in [0.1, 0.15) is 5.69 Å². The Hall–Kier alpha value is -2.23. The highest BCUT2D eigenvalue weighted by Gasteiger charge is 2.06. The van der Waals surface area contributed by atoms with E-state index in [1.54, 1.807) is 6.20 Å². The first-order chi connectivity index (χ1) is 8.74. The van der Waals surface area contributed by atoms with Crippen molar-refractivity contribution in [2.45, 2.75) is 6.92 Å². The minimum Gasteiger partial charge on any atom is -0.251 e. The summed E-state index contributed by atoms with van der Waals surface area (Å²) in [6, 6.07) is 11.4. The summed E-state index contributed by atoms with van der Waals surface area (Å²) >= 11 is 0. The summed E-state index contributed by atoms with van der Waals surface area (Å²) in [5, 5.41) is 0.869. The maximum Gasteiger partial charge on any atom is 0.159 e. The second-order valence-electron chi connectivity index (χ2n) is 4.14. The van der Waals surface area contributed by atoms with Crippen LogP contribution in [0.15, 0.2) is 42.6 Å². The molecule has 0 saturated heterocycles. The van der Waals surface area contributed by atoms with Gasteiger partial charge < -0.3 is 0 Å². The normalized spacial score (nSPS) is 10.7. The molecule has 0 aliphatic rings. The number of nitrogens with zero attached hydrogens (tertiary/aromatic N) is 3. The summed E-state index contributed by atoms with van der Waals surface area (Å²) in [5.74, 6) is 0. The van der Waals surface area contributed by atoms with Crippen molar-refractivity contribution in [2.75, 3.05) is 0 Å². The fourth-order valence-electron chi connectivity index (χ4n) is 1.90. The van der Waals surface area contributed by atoms with Gasteiger partial charge in [-0.15, -0.1) is 0 Å². The molecular formula is C14H10BN3. The molecule has 4 heteroatoms. The van der Waals surface area contributed by atoms with Gasteiger partial charge in [0.1, 0.15) is 7.85 Å². The van der Waals surface area contributed by atoms with Crippen molar-refractivity contribution in [2.24, 2.45) is 0 Å². The second-order valence-corrected chi connectivity index (χ2v) is 4.14. The Morgan fingerprint density at radius 3 is 2.72 bits per heavy atom. The van der Waals surface area contributed by atoms with E-state index in [0.29, 0.717) is 11.1 Å². The predicted octanol–water partition coefficient (Wildman–Crippen LogP) is 1.79. The number of fused-ring (bicyclic) bond motifs is 1. The maximum atomic E-state index is 6.02. The first-order valence-corrected chi connectivity index (χ1v) is 5.69. The van der Waals surface area contributed by atoms with E-state index in [-0.39, 0.29) is 0 Å². The molecule has 18 heavy (non-hydrogen) atoms. The van der Waals surface area contributed by atoms with E-state index < -0.39 is 0 Å². The molecular weight excluding hydrogens is 221 g/mol. The standard InChI is InChI=1S/C14H10BN3/c1-9-4-2-6-12(17-9)13-8-11(15)10-5-3-7-16-14(10)18-13/h2-8H,1H3. The molecule has 2 radical (unpaired) electrons. The van der Waals surface area contributed by atoms with Gasteiger partial charge in [0.05, 0.1) is 11.4 Å². The van der Waals surface area contributed by atoms with Gasteiger partial charge in [-0.05, 0) is 31.2 Å². The van der Waals surface area contributed by atoms with Crippen LogP contribution in [0.25, 0.3) is 22.4 Å². The van der Waals surface area contributed by atoms with E-state index in [9.17, 15) is 0 Å². The lowest BCUT2D eigenvalue weighted by Crippen LogP contribution is -2.07. The zero-order valence-electron chi connectivity index (χ0n) is 9.96. The highest BCUT2D eigenvalue weighted by atomic mass is 14.9. The average Bonchev–Trinajstić information content (AvgIpc) is 2.39. The fraction of sp³-hybridized carbons (Fsp3) is 0.0714. The smallest absolute Gasteiger partial charge is 0.159 e. The number of rotatable bonds is 1. The number of aromatic nitrogens is 3. The number of aryl methyl sites for hydroxylation is 1. The van der Waals surface area contributed by atoms with Gasteiger partial charge in [0.15, 0.2) is 5.65 Å². The fourth-order valence-corrected chi connectivity index (χ4v) is 1.90. The van der Waals surface area contributed by atoms with Gasteiger partial charge in [0.25, 0.3) is 0 Å². The summed E-state index contributed by atoms with van der Waals surface area (Å²) < 4.78 is 0. The molecule has 0 amide bonds. The van der Waals surface area contributed by atoms with Crippen molar-refractivity contribution in [3.8, 4) is 11.4 Å². The maximum absolute atomic E-state index is 6.02. The number of hydrogen-bond donors (Lipinski definition) is 0. The van der Waals surface area contributed by atoms with Crippen molar-refractivity contribution in [3.63, 3.8) is 0 Å². The molecule has 3 nitrogen and oxygen atoms in total. The largest absolute Gasteiger partial charge is 0.251 e. The van der Waals surface area contributed by atoms with Gasteiger partial charge in [-0.25, -0.2) is 9.97 Å². The van der Waals surface area contributed by atoms with E-state index >= 15 is 0 Å². The molecule has 84 valence electrons. The molecule has 3 aromatic heterocycles. The summed E-state index contributed by atoms with van der Waals surface area (Å²) in [5.41, 5.74) is 3.84. The van der Waals surface area contributed by atoms with E-state index in [1.807, 2.05) is 43.3 Å². The molecule has 0 aliphatic heterocycles. The molecule has 0 N–H and O–H groups in total. The average molecular weight is 231 g/mol. The Morgan fingerprint density at radius 2 is 1.89 bits per heavy atom. The van der Waals surface area contributed by atoms with Crippen LogP contribution in [0, 0.1) is 6.92 Å². The van der Waals surface area contributed by atoms with Crippen molar-refractivity contribution >= 4 is 24.3 Å². The summed E-state index contributed by atoms with van der Waals surface area (Å²) in [6.45, 7) is 1.95. The molecule has 3 heterocycles. The Bertz CT molecular complexity index is 725. The highest BCUT2D eigenvalue weighted by molar-refractivity contribution is 6.38. The lowest BCUT2D eigenvalue weighted by atomic mass is 9.92. The first-order valence-electron chi connectivity index (χ1n) is 5.69. The monoisotopic (exact) mass is 231 g/mol. The van der Waals surface area contributed by atoms with E-state index in [0.717, 1.165) is 22.5 Å². The van der Waals surface area contributed by atoms with Crippen LogP contribution in [0.5, 0.6) is 0 Å².